The molecule has 0 amide bonds. The van der Waals surface area contributed by atoms with Gasteiger partial charge in [0.2, 0.25) is 0 Å². The summed E-state index contributed by atoms with van der Waals surface area (Å²) in [7, 11) is 2.04. The summed E-state index contributed by atoms with van der Waals surface area (Å²) in [5.41, 5.74) is 0. The van der Waals surface area contributed by atoms with E-state index in [0.29, 0.717) is 0 Å². The minimum absolute atomic E-state index is 0.165. The highest BCUT2D eigenvalue weighted by molar-refractivity contribution is 6.20. The van der Waals surface area contributed by atoms with Crippen molar-refractivity contribution in [1.29, 1.82) is 0 Å². The van der Waals surface area contributed by atoms with E-state index in [1.165, 1.54) is 0 Å². The number of rotatable bonds is 5. The Morgan fingerprint density at radius 2 is 2.36 bits per heavy atom. The third-order valence-electron chi connectivity index (χ3n) is 1.97. The predicted octanol–water partition coefficient (Wildman–Crippen LogP) is 1.36. The van der Waals surface area contributed by atoms with E-state index in [2.05, 4.69) is 21.9 Å². The number of halogens is 1. The van der Waals surface area contributed by atoms with E-state index in [4.69, 9.17) is 11.6 Å². The van der Waals surface area contributed by atoms with E-state index in [1.807, 2.05) is 18.7 Å². The van der Waals surface area contributed by atoms with Crippen molar-refractivity contribution in [2.45, 2.75) is 32.3 Å². The van der Waals surface area contributed by atoms with Crippen LogP contribution in [0.25, 0.3) is 0 Å². The number of hydrogen-bond acceptors (Lipinski definition) is 3. The molecule has 0 saturated carbocycles. The third kappa shape index (κ3) is 3.27. The first-order chi connectivity index (χ1) is 6.63. The fourth-order valence-corrected chi connectivity index (χ4v) is 1.65. The molecule has 80 valence electrons. The van der Waals surface area contributed by atoms with Crippen LogP contribution in [0.1, 0.15) is 19.7 Å². The first-order valence-electron chi connectivity index (χ1n) is 4.82. The molecule has 0 bridgehead atoms. The van der Waals surface area contributed by atoms with E-state index in [-0.39, 0.29) is 5.38 Å². The van der Waals surface area contributed by atoms with Gasteiger partial charge in [-0.05, 0) is 20.9 Å². The van der Waals surface area contributed by atoms with Crippen molar-refractivity contribution in [1.82, 2.24) is 19.7 Å². The zero-order valence-electron chi connectivity index (χ0n) is 8.94. The van der Waals surface area contributed by atoms with Crippen molar-refractivity contribution < 1.29 is 0 Å². The molecule has 0 radical (unpaired) electrons. The average Bonchev–Trinajstić information content (AvgIpc) is 2.50. The summed E-state index contributed by atoms with van der Waals surface area (Å²) in [5.74, 6) is 0.993. The molecule has 4 nitrogen and oxygen atoms in total. The summed E-state index contributed by atoms with van der Waals surface area (Å²) in [6.07, 6.45) is 1.59. The average molecular weight is 217 g/mol. The lowest BCUT2D eigenvalue weighted by molar-refractivity contribution is 0.313. The van der Waals surface area contributed by atoms with Crippen LogP contribution in [0, 0.1) is 0 Å². The van der Waals surface area contributed by atoms with Gasteiger partial charge in [-0.25, -0.2) is 9.67 Å². The second-order valence-corrected chi connectivity index (χ2v) is 4.21. The third-order valence-corrected chi connectivity index (χ3v) is 2.11. The van der Waals surface area contributed by atoms with Crippen LogP contribution in [0.5, 0.6) is 0 Å². The largest absolute Gasteiger partial charge is 0.298 e. The van der Waals surface area contributed by atoms with Gasteiger partial charge < -0.3 is 0 Å². The molecular weight excluding hydrogens is 200 g/mol. The Morgan fingerprint density at radius 1 is 1.64 bits per heavy atom. The number of aryl methyl sites for hydroxylation is 1. The van der Waals surface area contributed by atoms with Crippen molar-refractivity contribution in [3.63, 3.8) is 0 Å². The molecule has 0 fully saturated rings. The van der Waals surface area contributed by atoms with Crippen LogP contribution in [0.2, 0.25) is 0 Å². The van der Waals surface area contributed by atoms with Gasteiger partial charge in [-0.15, -0.1) is 11.6 Å². The standard InChI is InChI=1S/C9H17ClN4/c1-4-14-9(11-7-12-14)6-13(3)5-8(2)10/h7-8H,4-6H2,1-3H3. The van der Waals surface area contributed by atoms with Gasteiger partial charge in [0, 0.05) is 18.5 Å². The Hall–Kier alpha value is -0.610. The Bertz CT molecular complexity index is 272. The van der Waals surface area contributed by atoms with Crippen LogP contribution in [0.4, 0.5) is 0 Å². The Labute approximate surface area is 89.9 Å². The van der Waals surface area contributed by atoms with Crippen LogP contribution in [-0.2, 0) is 13.1 Å². The summed E-state index contributed by atoms with van der Waals surface area (Å²) in [6, 6.07) is 0. The Kier molecular flexibility index (Phi) is 4.35. The summed E-state index contributed by atoms with van der Waals surface area (Å²) in [4.78, 5) is 6.35. The second kappa shape index (κ2) is 5.32. The molecule has 1 aromatic heterocycles. The van der Waals surface area contributed by atoms with Gasteiger partial charge in [0.1, 0.15) is 12.2 Å². The fraction of sp³-hybridized carbons (Fsp3) is 0.778. The molecule has 1 aromatic rings. The highest BCUT2D eigenvalue weighted by Crippen LogP contribution is 2.02. The van der Waals surface area contributed by atoms with Gasteiger partial charge in [-0.1, -0.05) is 0 Å². The van der Waals surface area contributed by atoms with Crippen LogP contribution < -0.4 is 0 Å². The summed E-state index contributed by atoms with van der Waals surface area (Å²) in [5, 5.41) is 4.28. The second-order valence-electron chi connectivity index (χ2n) is 3.47. The van der Waals surface area contributed by atoms with E-state index in [0.717, 1.165) is 25.5 Å². The maximum atomic E-state index is 5.90. The summed E-state index contributed by atoms with van der Waals surface area (Å²) in [6.45, 7) is 6.56. The lowest BCUT2D eigenvalue weighted by Crippen LogP contribution is -2.26. The summed E-state index contributed by atoms with van der Waals surface area (Å²) < 4.78 is 1.90. The van der Waals surface area contributed by atoms with Gasteiger partial charge in [0.05, 0.1) is 6.54 Å². The van der Waals surface area contributed by atoms with E-state index < -0.39 is 0 Å². The highest BCUT2D eigenvalue weighted by atomic mass is 35.5. The molecule has 0 spiro atoms. The van der Waals surface area contributed by atoms with Crippen molar-refractivity contribution >= 4 is 11.6 Å². The molecule has 1 unspecified atom stereocenters. The molecule has 0 N–H and O–H groups in total. The number of hydrogen-bond donors (Lipinski definition) is 0. The zero-order valence-corrected chi connectivity index (χ0v) is 9.70. The monoisotopic (exact) mass is 216 g/mol. The maximum absolute atomic E-state index is 5.90. The SMILES string of the molecule is CCn1ncnc1CN(C)CC(C)Cl. The van der Waals surface area contributed by atoms with Gasteiger partial charge in [0.25, 0.3) is 0 Å². The van der Waals surface area contributed by atoms with Crippen LogP contribution in [-0.4, -0.2) is 38.6 Å². The van der Waals surface area contributed by atoms with Crippen molar-refractivity contribution in [3.8, 4) is 0 Å². The van der Waals surface area contributed by atoms with E-state index in [1.54, 1.807) is 6.33 Å². The normalized spacial score (nSPS) is 13.5. The molecule has 5 heteroatoms. The van der Waals surface area contributed by atoms with Gasteiger partial charge in [-0.3, -0.25) is 4.90 Å². The van der Waals surface area contributed by atoms with E-state index in [9.17, 15) is 0 Å². The van der Waals surface area contributed by atoms with E-state index >= 15 is 0 Å². The molecule has 1 heterocycles. The van der Waals surface area contributed by atoms with Gasteiger partial charge in [-0.2, -0.15) is 5.10 Å². The molecule has 14 heavy (non-hydrogen) atoms. The first-order valence-corrected chi connectivity index (χ1v) is 5.26. The molecule has 0 aromatic carbocycles. The fourth-order valence-electron chi connectivity index (χ4n) is 1.41. The molecule has 0 aliphatic heterocycles. The molecule has 0 saturated heterocycles. The summed E-state index contributed by atoms with van der Waals surface area (Å²) >= 11 is 5.90. The lowest BCUT2D eigenvalue weighted by Gasteiger charge is -2.17. The smallest absolute Gasteiger partial charge is 0.140 e. The van der Waals surface area contributed by atoms with Crippen molar-refractivity contribution in [2.24, 2.45) is 0 Å². The predicted molar refractivity (Wildman–Crippen MR) is 57.3 cm³/mol. The van der Waals surface area contributed by atoms with Crippen molar-refractivity contribution in [2.75, 3.05) is 13.6 Å². The van der Waals surface area contributed by atoms with Crippen LogP contribution in [0.15, 0.2) is 6.33 Å². The first kappa shape index (κ1) is 11.5. The number of aromatic nitrogens is 3. The van der Waals surface area contributed by atoms with Crippen LogP contribution >= 0.6 is 11.6 Å². The van der Waals surface area contributed by atoms with Crippen molar-refractivity contribution in [3.05, 3.63) is 12.2 Å². The highest BCUT2D eigenvalue weighted by Gasteiger charge is 2.08. The topological polar surface area (TPSA) is 34.0 Å². The molecule has 1 atom stereocenters. The Morgan fingerprint density at radius 3 is 2.93 bits per heavy atom. The molecule has 1 rings (SSSR count). The lowest BCUT2D eigenvalue weighted by atomic mass is 10.4. The zero-order chi connectivity index (χ0) is 10.6. The quantitative estimate of drug-likeness (QED) is 0.697. The minimum atomic E-state index is 0.165. The van der Waals surface area contributed by atoms with Crippen LogP contribution in [0.3, 0.4) is 0 Å². The molecular formula is C9H17ClN4. The maximum Gasteiger partial charge on any atom is 0.140 e. The Balaban J connectivity index is 2.51. The van der Waals surface area contributed by atoms with Gasteiger partial charge in [0.15, 0.2) is 0 Å². The van der Waals surface area contributed by atoms with Gasteiger partial charge >= 0.3 is 0 Å². The minimum Gasteiger partial charge on any atom is -0.298 e. The molecule has 0 aliphatic carbocycles. The number of alkyl halides is 1. The number of nitrogens with zero attached hydrogens (tertiary/aromatic N) is 4. The molecule has 0 aliphatic rings.